The van der Waals surface area contributed by atoms with Crippen LogP contribution in [0.3, 0.4) is 0 Å². The van der Waals surface area contributed by atoms with Crippen molar-refractivity contribution in [1.29, 1.82) is 0 Å². The van der Waals surface area contributed by atoms with Gasteiger partial charge in [0.1, 0.15) is 0 Å². The van der Waals surface area contributed by atoms with Gasteiger partial charge < -0.3 is 14.0 Å². The summed E-state index contributed by atoms with van der Waals surface area (Å²) in [7, 11) is -1.34. The maximum absolute atomic E-state index is 6.65. The Labute approximate surface area is 410 Å². The normalized spacial score (nSPS) is 11.8. The number of hydrogen-bond acceptors (Lipinski definition) is 4. The van der Waals surface area contributed by atoms with E-state index in [2.05, 4.69) is 211 Å². The number of para-hydroxylation sites is 2. The molecule has 0 atom stereocenters. The van der Waals surface area contributed by atoms with Crippen molar-refractivity contribution in [2.45, 2.75) is 79.9 Å². The molecule has 67 heavy (non-hydrogen) atoms. The summed E-state index contributed by atoms with van der Waals surface area (Å²) < 4.78 is 8.92. The summed E-state index contributed by atoms with van der Waals surface area (Å²) in [6.45, 7) is 22.8. The van der Waals surface area contributed by atoms with E-state index in [1.807, 2.05) is 30.3 Å². The first kappa shape index (κ1) is 47.3. The van der Waals surface area contributed by atoms with Crippen molar-refractivity contribution in [2.24, 2.45) is 5.92 Å². The first-order chi connectivity index (χ1) is 31.7. The van der Waals surface area contributed by atoms with Crippen LogP contribution in [0.4, 0.5) is 0 Å². The van der Waals surface area contributed by atoms with Gasteiger partial charge in [0.15, 0.2) is 0 Å². The molecule has 0 saturated heterocycles. The van der Waals surface area contributed by atoms with Crippen LogP contribution in [0.5, 0.6) is 0 Å². The first-order valence-corrected chi connectivity index (χ1v) is 26.6. The van der Waals surface area contributed by atoms with Gasteiger partial charge in [-0.05, 0) is 107 Å². The summed E-state index contributed by atoms with van der Waals surface area (Å²) in [5.74, 6) is 1.46. The van der Waals surface area contributed by atoms with E-state index >= 15 is 0 Å². The Bertz CT molecular complexity index is 3340. The van der Waals surface area contributed by atoms with Crippen LogP contribution < -0.4 is 5.19 Å². The molecule has 1 radical (unpaired) electrons. The average Bonchev–Trinajstić information content (AvgIpc) is 3.87. The van der Waals surface area contributed by atoms with Gasteiger partial charge in [-0.3, -0.25) is 4.98 Å². The van der Waals surface area contributed by atoms with Crippen LogP contribution in [0.25, 0.3) is 83.8 Å². The van der Waals surface area contributed by atoms with Crippen LogP contribution >= 0.6 is 0 Å². The predicted octanol–water partition coefficient (Wildman–Crippen LogP) is 15.3. The van der Waals surface area contributed by atoms with Gasteiger partial charge in [-0.15, -0.1) is 54.1 Å². The van der Waals surface area contributed by atoms with Crippen molar-refractivity contribution in [3.8, 4) is 50.7 Å². The van der Waals surface area contributed by atoms with Gasteiger partial charge in [0, 0.05) is 42.9 Å². The Hall–Kier alpha value is -6.24. The molecule has 5 nitrogen and oxygen atoms in total. The SMILES string of the molecule is CC(C)Cc1cc(-c2[c-]cccc2)ncc1[Si](C)(C)C.Cc1cccc(C)c1-c1ccc2c(n1)oc1c(-c3nc4ccccc4n3-c3ccc(-c4ccccc4)cc3C(C)(C)C)[c-]ccc12.[Ir]. The number of nitrogens with zero attached hydrogens (tertiary/aromatic N) is 4. The molecule has 0 spiro atoms. The molecule has 0 aliphatic rings. The van der Waals surface area contributed by atoms with E-state index in [4.69, 9.17) is 14.4 Å². The number of aromatic nitrogens is 4. The molecule has 0 saturated carbocycles. The zero-order valence-electron chi connectivity index (χ0n) is 40.2. The van der Waals surface area contributed by atoms with Crippen LogP contribution in [-0.2, 0) is 31.9 Å². The molecule has 6 aromatic carbocycles. The summed E-state index contributed by atoms with van der Waals surface area (Å²) >= 11 is 0. The first-order valence-electron chi connectivity index (χ1n) is 23.1. The molecule has 7 heteroatoms. The van der Waals surface area contributed by atoms with Crippen molar-refractivity contribution in [3.05, 3.63) is 186 Å². The third kappa shape index (κ3) is 9.65. The summed E-state index contributed by atoms with van der Waals surface area (Å²) in [5.41, 5.74) is 16.7. The number of fused-ring (bicyclic) bond motifs is 4. The number of furan rings is 1. The fourth-order valence-electron chi connectivity index (χ4n) is 9.21. The number of rotatable bonds is 8. The number of pyridine rings is 2. The average molecular weight is 1070 g/mol. The quantitative estimate of drug-likeness (QED) is 0.112. The van der Waals surface area contributed by atoms with Crippen LogP contribution in [0, 0.1) is 31.9 Å². The molecule has 0 bridgehead atoms. The molecular formula is C60H58IrN4OSi-2. The van der Waals surface area contributed by atoms with Crippen molar-refractivity contribution >= 4 is 46.4 Å². The van der Waals surface area contributed by atoms with Gasteiger partial charge >= 0.3 is 0 Å². The fourth-order valence-corrected chi connectivity index (χ4v) is 10.8. The number of benzene rings is 6. The largest absolute Gasteiger partial charge is 0.486 e. The molecule has 0 unspecified atom stereocenters. The molecule has 10 rings (SSSR count). The molecule has 339 valence electrons. The summed E-state index contributed by atoms with van der Waals surface area (Å²) in [4.78, 5) is 14.9. The van der Waals surface area contributed by atoms with E-state index in [1.54, 1.807) is 0 Å². The minimum Gasteiger partial charge on any atom is -0.486 e. The van der Waals surface area contributed by atoms with Crippen molar-refractivity contribution in [2.75, 3.05) is 0 Å². The summed E-state index contributed by atoms with van der Waals surface area (Å²) in [6.07, 6.45) is 3.24. The number of aryl methyl sites for hydroxylation is 2. The predicted molar refractivity (Wildman–Crippen MR) is 279 cm³/mol. The van der Waals surface area contributed by atoms with Crippen LogP contribution in [-0.4, -0.2) is 27.6 Å². The standard InChI is InChI=1S/C42H34N3O.C18H24NSi.Ir/c1-26-13-11-14-27(2)38(26)35-23-22-31-30-17-12-18-32(39(30)46-41(31)44-35)40-43-34-19-9-10-20-37(34)45(40)36-24-21-29(25-33(36)42(3,4)5)28-15-7-6-8-16-28;1-14(2)11-16-12-17(15-9-7-6-8-10-15)19-13-18(16)20(3,4)5;/h6-17,19-25H,1-5H3;6-9,12-14H,11H2,1-5H3;/q2*-1;. The summed E-state index contributed by atoms with van der Waals surface area (Å²) in [5, 5.41) is 3.47. The second kappa shape index (κ2) is 19.2. The van der Waals surface area contributed by atoms with E-state index in [-0.39, 0.29) is 25.5 Å². The Morgan fingerprint density at radius 3 is 2.12 bits per heavy atom. The Kier molecular flexibility index (Phi) is 13.5. The second-order valence-electron chi connectivity index (χ2n) is 20.0. The minimum absolute atomic E-state index is 0. The van der Waals surface area contributed by atoms with Gasteiger partial charge in [-0.1, -0.05) is 144 Å². The zero-order chi connectivity index (χ0) is 46.3. The minimum atomic E-state index is -1.34. The smallest absolute Gasteiger partial charge is 0.216 e. The third-order valence-corrected chi connectivity index (χ3v) is 14.4. The topological polar surface area (TPSA) is 56.7 Å². The molecule has 4 aromatic heterocycles. The Morgan fingerprint density at radius 2 is 1.42 bits per heavy atom. The molecule has 0 aliphatic carbocycles. The van der Waals surface area contributed by atoms with E-state index < -0.39 is 8.07 Å². The molecular weight excluding hydrogens is 1010 g/mol. The molecule has 4 heterocycles. The molecule has 10 aromatic rings. The number of hydrogen-bond donors (Lipinski definition) is 0. The van der Waals surface area contributed by atoms with Gasteiger partial charge in [0.25, 0.3) is 0 Å². The molecule has 0 fully saturated rings. The van der Waals surface area contributed by atoms with E-state index in [0.29, 0.717) is 11.6 Å². The Balaban J connectivity index is 0.000000244. The molecule has 0 N–H and O–H groups in total. The fraction of sp³-hybridized carbons (Fsp3) is 0.217. The van der Waals surface area contributed by atoms with Crippen molar-refractivity contribution in [1.82, 2.24) is 19.5 Å². The van der Waals surface area contributed by atoms with Gasteiger partial charge in [0.2, 0.25) is 5.71 Å². The summed E-state index contributed by atoms with van der Waals surface area (Å²) in [6, 6.07) is 57.4. The van der Waals surface area contributed by atoms with Gasteiger partial charge in [0.05, 0.1) is 36.2 Å². The number of imidazole rings is 1. The Morgan fingerprint density at radius 1 is 0.687 bits per heavy atom. The van der Waals surface area contributed by atoms with E-state index in [1.165, 1.54) is 38.6 Å². The van der Waals surface area contributed by atoms with E-state index in [9.17, 15) is 0 Å². The van der Waals surface area contributed by atoms with Crippen molar-refractivity contribution in [3.63, 3.8) is 0 Å². The van der Waals surface area contributed by atoms with Crippen LogP contribution in [0.1, 0.15) is 56.9 Å². The van der Waals surface area contributed by atoms with E-state index in [0.717, 1.165) is 73.4 Å². The maximum Gasteiger partial charge on any atom is 0.216 e. The zero-order valence-corrected chi connectivity index (χ0v) is 43.6. The van der Waals surface area contributed by atoms with Gasteiger partial charge in [-0.2, -0.15) is 0 Å². The van der Waals surface area contributed by atoms with Gasteiger partial charge in [-0.25, -0.2) is 4.98 Å². The third-order valence-electron chi connectivity index (χ3n) is 12.4. The van der Waals surface area contributed by atoms with Crippen LogP contribution in [0.15, 0.2) is 156 Å². The second-order valence-corrected chi connectivity index (χ2v) is 25.0. The maximum atomic E-state index is 6.65. The monoisotopic (exact) mass is 1070 g/mol. The van der Waals surface area contributed by atoms with Crippen molar-refractivity contribution < 1.29 is 24.5 Å². The van der Waals surface area contributed by atoms with Crippen LogP contribution in [0.2, 0.25) is 19.6 Å². The molecule has 0 amide bonds. The molecule has 0 aliphatic heterocycles.